The molecule has 1 aliphatic rings. The third kappa shape index (κ3) is 4.04. The molecular formula is C23H26N2O3. The normalized spacial score (nSPS) is 16.4. The minimum Gasteiger partial charge on any atom is -0.497 e. The summed E-state index contributed by atoms with van der Waals surface area (Å²) in [7, 11) is 1.66. The van der Waals surface area contributed by atoms with Gasteiger partial charge in [0.2, 0.25) is 0 Å². The minimum atomic E-state index is -0.304. The molecule has 5 nitrogen and oxygen atoms in total. The third-order valence-corrected chi connectivity index (χ3v) is 5.38. The number of aromatic nitrogens is 1. The van der Waals surface area contributed by atoms with E-state index in [0.29, 0.717) is 19.7 Å². The standard InChI is InChI=1S/C23H26N2O3/c1-27-19-10-8-17(9-11-19)16-25(23(26)22-7-4-14-28-22)13-12-18-15-24-21-6-3-2-5-20(18)21/h2-3,5-6,8-11,15,22,24H,4,7,12-14,16H2,1H3/t22-/m0/s1. The molecule has 0 unspecified atom stereocenters. The predicted molar refractivity (Wildman–Crippen MR) is 109 cm³/mol. The zero-order chi connectivity index (χ0) is 19.3. The maximum absolute atomic E-state index is 13.1. The fourth-order valence-corrected chi connectivity index (χ4v) is 3.79. The number of nitrogens with zero attached hydrogens (tertiary/aromatic N) is 1. The predicted octanol–water partition coefficient (Wildman–Crippen LogP) is 3.93. The summed E-state index contributed by atoms with van der Waals surface area (Å²) in [5, 5.41) is 1.22. The molecule has 3 aromatic rings. The molecule has 0 spiro atoms. The lowest BCUT2D eigenvalue weighted by molar-refractivity contribution is -0.141. The lowest BCUT2D eigenvalue weighted by Crippen LogP contribution is -2.39. The van der Waals surface area contributed by atoms with E-state index in [2.05, 4.69) is 17.1 Å². The number of carbonyl (C=O) groups is 1. The molecule has 0 bridgehead atoms. The summed E-state index contributed by atoms with van der Waals surface area (Å²) in [4.78, 5) is 18.3. The van der Waals surface area contributed by atoms with Crippen molar-refractivity contribution in [3.05, 3.63) is 65.9 Å². The molecule has 1 atom stereocenters. The van der Waals surface area contributed by atoms with E-state index in [-0.39, 0.29) is 12.0 Å². The number of ether oxygens (including phenoxy) is 2. The van der Waals surface area contributed by atoms with Crippen LogP contribution in [0.4, 0.5) is 0 Å². The van der Waals surface area contributed by atoms with Crippen LogP contribution in [-0.2, 0) is 22.5 Å². The number of carbonyl (C=O) groups excluding carboxylic acids is 1. The largest absolute Gasteiger partial charge is 0.497 e. The summed E-state index contributed by atoms with van der Waals surface area (Å²) in [6.45, 7) is 1.91. The molecule has 2 heterocycles. The number of rotatable bonds is 7. The van der Waals surface area contributed by atoms with E-state index in [1.54, 1.807) is 7.11 Å². The SMILES string of the molecule is COc1ccc(CN(CCc2c[nH]c3ccccc23)C(=O)[C@@H]2CCCO2)cc1. The van der Waals surface area contributed by atoms with Gasteiger partial charge in [0.1, 0.15) is 11.9 Å². The molecule has 28 heavy (non-hydrogen) atoms. The highest BCUT2D eigenvalue weighted by molar-refractivity contribution is 5.83. The molecule has 0 radical (unpaired) electrons. The summed E-state index contributed by atoms with van der Waals surface area (Å²) < 4.78 is 10.9. The lowest BCUT2D eigenvalue weighted by atomic mass is 10.1. The van der Waals surface area contributed by atoms with Crippen molar-refractivity contribution in [3.8, 4) is 5.75 Å². The average molecular weight is 378 g/mol. The quantitative estimate of drug-likeness (QED) is 0.678. The summed E-state index contributed by atoms with van der Waals surface area (Å²) in [5.41, 5.74) is 3.45. The van der Waals surface area contributed by atoms with E-state index in [4.69, 9.17) is 9.47 Å². The molecule has 2 aromatic carbocycles. The first-order valence-corrected chi connectivity index (χ1v) is 9.83. The second-order valence-electron chi connectivity index (χ2n) is 7.22. The van der Waals surface area contributed by atoms with Crippen LogP contribution in [0.2, 0.25) is 0 Å². The van der Waals surface area contributed by atoms with Gasteiger partial charge in [-0.05, 0) is 48.6 Å². The first-order valence-electron chi connectivity index (χ1n) is 9.83. The number of fused-ring (bicyclic) bond motifs is 1. The number of benzene rings is 2. The Morgan fingerprint density at radius 3 is 2.79 bits per heavy atom. The number of hydrogen-bond acceptors (Lipinski definition) is 3. The van der Waals surface area contributed by atoms with Crippen LogP contribution in [0.1, 0.15) is 24.0 Å². The Balaban J connectivity index is 1.50. The highest BCUT2D eigenvalue weighted by atomic mass is 16.5. The molecule has 1 N–H and O–H groups in total. The van der Waals surface area contributed by atoms with E-state index in [0.717, 1.165) is 36.1 Å². The van der Waals surface area contributed by atoms with E-state index >= 15 is 0 Å². The van der Waals surface area contributed by atoms with Crippen molar-refractivity contribution in [1.29, 1.82) is 0 Å². The van der Waals surface area contributed by atoms with Crippen LogP contribution in [0.3, 0.4) is 0 Å². The van der Waals surface area contributed by atoms with E-state index < -0.39 is 0 Å². The van der Waals surface area contributed by atoms with Gasteiger partial charge in [-0.1, -0.05) is 30.3 Å². The molecule has 5 heteroatoms. The van der Waals surface area contributed by atoms with Gasteiger partial charge in [0.05, 0.1) is 7.11 Å². The average Bonchev–Trinajstić information content (AvgIpc) is 3.41. The van der Waals surface area contributed by atoms with Crippen molar-refractivity contribution in [1.82, 2.24) is 9.88 Å². The Hall–Kier alpha value is -2.79. The van der Waals surface area contributed by atoms with Crippen molar-refractivity contribution in [2.75, 3.05) is 20.3 Å². The van der Waals surface area contributed by atoms with Crippen LogP contribution in [0.15, 0.2) is 54.7 Å². The number of hydrogen-bond donors (Lipinski definition) is 1. The maximum Gasteiger partial charge on any atom is 0.252 e. The molecule has 1 aliphatic heterocycles. The first kappa shape index (κ1) is 18.6. The van der Waals surface area contributed by atoms with E-state index in [1.807, 2.05) is 47.5 Å². The molecule has 1 amide bonds. The van der Waals surface area contributed by atoms with Gasteiger partial charge in [-0.3, -0.25) is 4.79 Å². The van der Waals surface area contributed by atoms with Crippen LogP contribution in [-0.4, -0.2) is 42.2 Å². The second-order valence-corrected chi connectivity index (χ2v) is 7.22. The zero-order valence-corrected chi connectivity index (χ0v) is 16.2. The van der Waals surface area contributed by atoms with E-state index in [9.17, 15) is 4.79 Å². The molecular weight excluding hydrogens is 352 g/mol. The molecule has 146 valence electrons. The third-order valence-electron chi connectivity index (χ3n) is 5.38. The molecule has 0 saturated carbocycles. The second kappa shape index (κ2) is 8.48. The zero-order valence-electron chi connectivity index (χ0n) is 16.2. The Bertz CT molecular complexity index is 926. The molecule has 1 fully saturated rings. The van der Waals surface area contributed by atoms with Gasteiger partial charge < -0.3 is 19.4 Å². The van der Waals surface area contributed by atoms with Crippen molar-refractivity contribution in [2.24, 2.45) is 0 Å². The smallest absolute Gasteiger partial charge is 0.252 e. The maximum atomic E-state index is 13.1. The summed E-state index contributed by atoms with van der Waals surface area (Å²) in [5.74, 6) is 0.910. The van der Waals surface area contributed by atoms with Gasteiger partial charge in [0, 0.05) is 36.8 Å². The lowest BCUT2D eigenvalue weighted by Gasteiger charge is -2.25. The van der Waals surface area contributed by atoms with E-state index in [1.165, 1.54) is 10.9 Å². The fraction of sp³-hybridized carbons (Fsp3) is 0.348. The fourth-order valence-electron chi connectivity index (χ4n) is 3.79. The molecule has 1 saturated heterocycles. The Labute approximate surface area is 165 Å². The van der Waals surface area contributed by atoms with Gasteiger partial charge in [-0.2, -0.15) is 0 Å². The Morgan fingerprint density at radius 1 is 1.21 bits per heavy atom. The number of nitrogens with one attached hydrogen (secondary N) is 1. The van der Waals surface area contributed by atoms with Crippen LogP contribution in [0, 0.1) is 0 Å². The van der Waals surface area contributed by atoms with Crippen LogP contribution in [0.25, 0.3) is 10.9 Å². The van der Waals surface area contributed by atoms with Crippen molar-refractivity contribution in [2.45, 2.75) is 31.9 Å². The van der Waals surface area contributed by atoms with Crippen molar-refractivity contribution >= 4 is 16.8 Å². The molecule has 4 rings (SSSR count). The van der Waals surface area contributed by atoms with Gasteiger partial charge in [0.25, 0.3) is 5.91 Å². The molecule has 1 aromatic heterocycles. The monoisotopic (exact) mass is 378 g/mol. The highest BCUT2D eigenvalue weighted by Gasteiger charge is 2.28. The van der Waals surface area contributed by atoms with Gasteiger partial charge in [-0.25, -0.2) is 0 Å². The molecule has 0 aliphatic carbocycles. The first-order chi connectivity index (χ1) is 13.7. The Morgan fingerprint density at radius 2 is 2.04 bits per heavy atom. The highest BCUT2D eigenvalue weighted by Crippen LogP contribution is 2.21. The Kier molecular flexibility index (Phi) is 5.63. The number of para-hydroxylation sites is 1. The van der Waals surface area contributed by atoms with Crippen molar-refractivity contribution in [3.63, 3.8) is 0 Å². The topological polar surface area (TPSA) is 54.6 Å². The van der Waals surface area contributed by atoms with Gasteiger partial charge in [-0.15, -0.1) is 0 Å². The van der Waals surface area contributed by atoms with Crippen LogP contribution in [0.5, 0.6) is 5.75 Å². The minimum absolute atomic E-state index is 0.0909. The summed E-state index contributed by atoms with van der Waals surface area (Å²) >= 11 is 0. The van der Waals surface area contributed by atoms with Gasteiger partial charge >= 0.3 is 0 Å². The number of aromatic amines is 1. The number of methoxy groups -OCH3 is 1. The number of amides is 1. The van der Waals surface area contributed by atoms with Crippen molar-refractivity contribution < 1.29 is 14.3 Å². The van der Waals surface area contributed by atoms with Gasteiger partial charge in [0.15, 0.2) is 0 Å². The van der Waals surface area contributed by atoms with Crippen LogP contribution >= 0.6 is 0 Å². The summed E-state index contributed by atoms with van der Waals surface area (Å²) in [6.07, 6.45) is 4.31. The number of H-pyrrole nitrogens is 1. The van der Waals surface area contributed by atoms with Crippen LogP contribution < -0.4 is 4.74 Å². The summed E-state index contributed by atoms with van der Waals surface area (Å²) in [6, 6.07) is 16.2.